The highest BCUT2D eigenvalue weighted by molar-refractivity contribution is 6.10. The number of halogens is 1. The minimum Gasteiger partial charge on any atom is -0.359 e. The SMILES string of the molecule is C=C/N=C(\C=C(/C)Nc1ccccc1)c1ccc(F)cc1C. The van der Waals surface area contributed by atoms with Crippen LogP contribution in [0.2, 0.25) is 0 Å². The fourth-order valence-electron chi connectivity index (χ4n) is 2.19. The first-order valence-electron chi connectivity index (χ1n) is 7.06. The molecule has 0 radical (unpaired) electrons. The zero-order valence-electron chi connectivity index (χ0n) is 12.8. The number of benzene rings is 2. The second-order valence-corrected chi connectivity index (χ2v) is 4.97. The number of rotatable bonds is 5. The number of allylic oxidation sites excluding steroid dienone is 2. The Balaban J connectivity index is 2.30. The first-order chi connectivity index (χ1) is 10.6. The standard InChI is InChI=1S/C19H19FN2/c1-4-21-19(18-11-10-16(20)12-14(18)2)13-15(3)22-17-8-6-5-7-9-17/h4-13,22H,1H2,2-3H3/b15-13+,21-19+. The maximum atomic E-state index is 13.3. The van der Waals surface area contributed by atoms with Gasteiger partial charge in [-0.05, 0) is 55.8 Å². The predicted molar refractivity (Wildman–Crippen MR) is 91.7 cm³/mol. The maximum Gasteiger partial charge on any atom is 0.123 e. The molecule has 0 saturated heterocycles. The van der Waals surface area contributed by atoms with Crippen molar-refractivity contribution in [3.8, 4) is 0 Å². The Kier molecular flexibility index (Phi) is 5.26. The summed E-state index contributed by atoms with van der Waals surface area (Å²) in [6.45, 7) is 7.48. The van der Waals surface area contributed by atoms with Crippen molar-refractivity contribution < 1.29 is 4.39 Å². The van der Waals surface area contributed by atoms with Crippen molar-refractivity contribution in [2.45, 2.75) is 13.8 Å². The first kappa shape index (κ1) is 15.7. The van der Waals surface area contributed by atoms with Crippen LogP contribution in [0.4, 0.5) is 10.1 Å². The van der Waals surface area contributed by atoms with Gasteiger partial charge < -0.3 is 5.32 Å². The van der Waals surface area contributed by atoms with Crippen molar-refractivity contribution in [1.82, 2.24) is 0 Å². The quantitative estimate of drug-likeness (QED) is 0.764. The summed E-state index contributed by atoms with van der Waals surface area (Å²) in [4.78, 5) is 4.31. The van der Waals surface area contributed by atoms with E-state index in [1.165, 1.54) is 18.3 Å². The highest BCUT2D eigenvalue weighted by atomic mass is 19.1. The molecule has 0 amide bonds. The van der Waals surface area contributed by atoms with Gasteiger partial charge in [-0.25, -0.2) is 4.39 Å². The van der Waals surface area contributed by atoms with Crippen molar-refractivity contribution in [3.05, 3.63) is 90.0 Å². The van der Waals surface area contributed by atoms with Crippen LogP contribution in [0.1, 0.15) is 18.1 Å². The highest BCUT2D eigenvalue weighted by Gasteiger charge is 2.06. The lowest BCUT2D eigenvalue weighted by molar-refractivity contribution is 0.626. The summed E-state index contributed by atoms with van der Waals surface area (Å²) in [7, 11) is 0. The van der Waals surface area contributed by atoms with Crippen LogP contribution in [0.25, 0.3) is 0 Å². The topological polar surface area (TPSA) is 24.4 Å². The molecule has 0 aliphatic carbocycles. The molecule has 0 aliphatic rings. The molecule has 2 aromatic rings. The lowest BCUT2D eigenvalue weighted by Gasteiger charge is -2.09. The Morgan fingerprint density at radius 3 is 2.55 bits per heavy atom. The predicted octanol–water partition coefficient (Wildman–Crippen LogP) is 5.08. The molecule has 0 bridgehead atoms. The van der Waals surface area contributed by atoms with E-state index in [0.29, 0.717) is 0 Å². The van der Waals surface area contributed by atoms with E-state index < -0.39 is 0 Å². The molecule has 0 atom stereocenters. The molecule has 0 spiro atoms. The average molecular weight is 294 g/mol. The van der Waals surface area contributed by atoms with Crippen molar-refractivity contribution in [3.63, 3.8) is 0 Å². The lowest BCUT2D eigenvalue weighted by atomic mass is 10.0. The molecule has 112 valence electrons. The van der Waals surface area contributed by atoms with E-state index in [9.17, 15) is 4.39 Å². The number of hydrogen-bond donors (Lipinski definition) is 1. The highest BCUT2D eigenvalue weighted by Crippen LogP contribution is 2.15. The summed E-state index contributed by atoms with van der Waals surface area (Å²) in [5, 5.41) is 3.30. The molecule has 22 heavy (non-hydrogen) atoms. The molecule has 1 N–H and O–H groups in total. The molecule has 0 fully saturated rings. The van der Waals surface area contributed by atoms with Crippen LogP contribution in [0.3, 0.4) is 0 Å². The van der Waals surface area contributed by atoms with Gasteiger partial charge in [-0.3, -0.25) is 4.99 Å². The summed E-state index contributed by atoms with van der Waals surface area (Å²) >= 11 is 0. The number of aryl methyl sites for hydroxylation is 1. The summed E-state index contributed by atoms with van der Waals surface area (Å²) in [6, 6.07) is 14.6. The van der Waals surface area contributed by atoms with Crippen LogP contribution in [0, 0.1) is 12.7 Å². The molecule has 0 saturated carbocycles. The number of hydrogen-bond acceptors (Lipinski definition) is 2. The number of anilines is 1. The summed E-state index contributed by atoms with van der Waals surface area (Å²) < 4.78 is 13.3. The normalized spacial score (nSPS) is 12.1. The van der Waals surface area contributed by atoms with Gasteiger partial charge in [-0.2, -0.15) is 0 Å². The van der Waals surface area contributed by atoms with Crippen molar-refractivity contribution >= 4 is 11.4 Å². The monoisotopic (exact) mass is 294 g/mol. The summed E-state index contributed by atoms with van der Waals surface area (Å²) in [5.41, 5.74) is 4.41. The van der Waals surface area contributed by atoms with Crippen molar-refractivity contribution in [1.29, 1.82) is 0 Å². The van der Waals surface area contributed by atoms with Crippen LogP contribution in [-0.2, 0) is 0 Å². The Labute approximate surface area is 130 Å². The Morgan fingerprint density at radius 1 is 1.18 bits per heavy atom. The third-order valence-electron chi connectivity index (χ3n) is 3.16. The Hall–Kier alpha value is -2.68. The van der Waals surface area contributed by atoms with Crippen LogP contribution < -0.4 is 5.32 Å². The third-order valence-corrected chi connectivity index (χ3v) is 3.16. The van der Waals surface area contributed by atoms with E-state index in [2.05, 4.69) is 16.9 Å². The van der Waals surface area contributed by atoms with Gasteiger partial charge in [0.25, 0.3) is 0 Å². The second-order valence-electron chi connectivity index (χ2n) is 4.97. The van der Waals surface area contributed by atoms with Gasteiger partial charge >= 0.3 is 0 Å². The van der Waals surface area contributed by atoms with E-state index in [1.807, 2.05) is 50.3 Å². The van der Waals surface area contributed by atoms with Gasteiger partial charge in [0.05, 0.1) is 5.71 Å². The Bertz CT molecular complexity index is 715. The largest absolute Gasteiger partial charge is 0.359 e. The fraction of sp³-hybridized carbons (Fsp3) is 0.105. The first-order valence-corrected chi connectivity index (χ1v) is 7.06. The van der Waals surface area contributed by atoms with Crippen molar-refractivity contribution in [2.24, 2.45) is 4.99 Å². The Morgan fingerprint density at radius 2 is 1.91 bits per heavy atom. The van der Waals surface area contributed by atoms with E-state index >= 15 is 0 Å². The summed E-state index contributed by atoms with van der Waals surface area (Å²) in [5.74, 6) is -0.248. The van der Waals surface area contributed by atoms with Gasteiger partial charge in [0.2, 0.25) is 0 Å². The molecule has 0 heterocycles. The summed E-state index contributed by atoms with van der Waals surface area (Å²) in [6.07, 6.45) is 3.42. The third kappa shape index (κ3) is 4.16. The molecule has 2 nitrogen and oxygen atoms in total. The van der Waals surface area contributed by atoms with Gasteiger partial charge in [0, 0.05) is 23.1 Å². The molecule has 2 rings (SSSR count). The molecule has 0 unspecified atom stereocenters. The van der Waals surface area contributed by atoms with Gasteiger partial charge in [-0.1, -0.05) is 24.8 Å². The molecular weight excluding hydrogens is 275 g/mol. The zero-order chi connectivity index (χ0) is 15.9. The molecule has 2 aromatic carbocycles. The second kappa shape index (κ2) is 7.36. The number of aliphatic imine (C=N–C) groups is 1. The van der Waals surface area contributed by atoms with Crippen LogP contribution in [0.15, 0.2) is 78.1 Å². The number of nitrogens with one attached hydrogen (secondary N) is 1. The average Bonchev–Trinajstić information content (AvgIpc) is 2.48. The lowest BCUT2D eigenvalue weighted by Crippen LogP contribution is -2.04. The molecule has 3 heteroatoms. The molecule has 0 aromatic heterocycles. The maximum absolute atomic E-state index is 13.3. The smallest absolute Gasteiger partial charge is 0.123 e. The minimum absolute atomic E-state index is 0.248. The minimum atomic E-state index is -0.248. The van der Waals surface area contributed by atoms with E-state index in [-0.39, 0.29) is 5.82 Å². The molecular formula is C19H19FN2. The van der Waals surface area contributed by atoms with Crippen molar-refractivity contribution in [2.75, 3.05) is 5.32 Å². The van der Waals surface area contributed by atoms with Crippen LogP contribution >= 0.6 is 0 Å². The van der Waals surface area contributed by atoms with E-state index in [1.54, 1.807) is 6.07 Å². The number of nitrogens with zero attached hydrogens (tertiary/aromatic N) is 1. The van der Waals surface area contributed by atoms with E-state index in [0.717, 1.165) is 28.2 Å². The van der Waals surface area contributed by atoms with Gasteiger partial charge in [-0.15, -0.1) is 0 Å². The zero-order valence-corrected chi connectivity index (χ0v) is 12.8. The van der Waals surface area contributed by atoms with E-state index in [4.69, 9.17) is 0 Å². The van der Waals surface area contributed by atoms with Gasteiger partial charge in [0.15, 0.2) is 0 Å². The van der Waals surface area contributed by atoms with Gasteiger partial charge in [0.1, 0.15) is 5.82 Å². The fourth-order valence-corrected chi connectivity index (χ4v) is 2.19. The van der Waals surface area contributed by atoms with Crippen LogP contribution in [0.5, 0.6) is 0 Å². The number of para-hydroxylation sites is 1. The van der Waals surface area contributed by atoms with Crippen LogP contribution in [-0.4, -0.2) is 5.71 Å². The molecule has 0 aliphatic heterocycles.